The number of hydrogen-bond donors (Lipinski definition) is 2. The predicted molar refractivity (Wildman–Crippen MR) is 118 cm³/mol. The van der Waals surface area contributed by atoms with Crippen molar-refractivity contribution in [3.05, 3.63) is 76.6 Å². The number of nitrogens with one attached hydrogen (secondary N) is 2. The molecule has 8 nitrogen and oxygen atoms in total. The van der Waals surface area contributed by atoms with Crippen molar-refractivity contribution in [2.75, 3.05) is 18.5 Å². The van der Waals surface area contributed by atoms with E-state index in [0.717, 1.165) is 19.4 Å². The van der Waals surface area contributed by atoms with Gasteiger partial charge in [0.25, 0.3) is 11.8 Å². The third kappa shape index (κ3) is 5.87. The summed E-state index contributed by atoms with van der Waals surface area (Å²) in [4.78, 5) is 24.4. The van der Waals surface area contributed by atoms with Gasteiger partial charge < -0.3 is 24.6 Å². The van der Waals surface area contributed by atoms with Crippen LogP contribution < -0.4 is 15.4 Å². The van der Waals surface area contributed by atoms with E-state index >= 15 is 0 Å². The molecule has 1 aromatic heterocycles. The third-order valence-corrected chi connectivity index (χ3v) is 5.12. The molecule has 1 saturated heterocycles. The van der Waals surface area contributed by atoms with Gasteiger partial charge in [-0.1, -0.05) is 22.8 Å². The lowest BCUT2D eigenvalue weighted by molar-refractivity contribution is 0.0850. The Hall–Kier alpha value is -3.36. The molecule has 1 atom stereocenters. The van der Waals surface area contributed by atoms with Gasteiger partial charge in [-0.2, -0.15) is 0 Å². The smallest absolute Gasteiger partial charge is 0.273 e. The fraction of sp³-hybridized carbons (Fsp3) is 0.261. The molecule has 2 N–H and O–H groups in total. The lowest BCUT2D eigenvalue weighted by Crippen LogP contribution is -2.31. The van der Waals surface area contributed by atoms with Crippen LogP contribution in [0.2, 0.25) is 5.02 Å². The Morgan fingerprint density at radius 1 is 1.12 bits per heavy atom. The molecule has 1 fully saturated rings. The van der Waals surface area contributed by atoms with E-state index in [2.05, 4.69) is 15.8 Å². The molecule has 0 aliphatic carbocycles. The molecule has 32 heavy (non-hydrogen) atoms. The highest BCUT2D eigenvalue weighted by atomic mass is 35.5. The number of nitrogens with zero attached hydrogens (tertiary/aromatic N) is 1. The maximum atomic E-state index is 12.3. The van der Waals surface area contributed by atoms with Gasteiger partial charge in [0.2, 0.25) is 0 Å². The van der Waals surface area contributed by atoms with Crippen molar-refractivity contribution in [3.8, 4) is 5.75 Å². The maximum absolute atomic E-state index is 12.3. The molecule has 3 aromatic rings. The Morgan fingerprint density at radius 3 is 2.72 bits per heavy atom. The number of carbonyl (C=O) groups excluding carboxylic acids is 2. The van der Waals surface area contributed by atoms with Gasteiger partial charge in [-0.25, -0.2) is 0 Å². The van der Waals surface area contributed by atoms with Crippen LogP contribution in [0.4, 0.5) is 5.69 Å². The zero-order valence-electron chi connectivity index (χ0n) is 17.2. The fourth-order valence-electron chi connectivity index (χ4n) is 3.21. The molecule has 2 aromatic carbocycles. The number of anilines is 1. The first kappa shape index (κ1) is 21.9. The molecule has 0 saturated carbocycles. The van der Waals surface area contributed by atoms with E-state index in [9.17, 15) is 9.59 Å². The maximum Gasteiger partial charge on any atom is 0.273 e. The molecule has 2 amide bonds. The first-order chi connectivity index (χ1) is 15.6. The van der Waals surface area contributed by atoms with Crippen LogP contribution in [0.5, 0.6) is 5.75 Å². The van der Waals surface area contributed by atoms with Gasteiger partial charge >= 0.3 is 0 Å². The standard InChI is InChI=1S/C23H22ClN3O5/c24-16-4-1-3-15(11-16)22(28)26-17-6-8-18(9-7-17)31-14-20-12-21(27-32-20)23(29)25-13-19-5-2-10-30-19/h1,3-4,6-9,11-12,19H,2,5,10,13-14H2,(H,25,29)(H,26,28)/t19-/m1/s1. The summed E-state index contributed by atoms with van der Waals surface area (Å²) in [6.07, 6.45) is 2.02. The number of rotatable bonds is 8. The number of carbonyl (C=O) groups is 2. The third-order valence-electron chi connectivity index (χ3n) is 4.89. The van der Waals surface area contributed by atoms with Crippen LogP contribution in [0, 0.1) is 0 Å². The Kier molecular flexibility index (Phi) is 7.03. The number of halogens is 1. The van der Waals surface area contributed by atoms with Gasteiger partial charge in [0.05, 0.1) is 6.10 Å². The van der Waals surface area contributed by atoms with E-state index < -0.39 is 0 Å². The summed E-state index contributed by atoms with van der Waals surface area (Å²) in [5.74, 6) is 0.431. The molecular weight excluding hydrogens is 434 g/mol. The van der Waals surface area contributed by atoms with Crippen molar-refractivity contribution in [1.82, 2.24) is 10.5 Å². The quantitative estimate of drug-likeness (QED) is 0.530. The Morgan fingerprint density at radius 2 is 1.97 bits per heavy atom. The van der Waals surface area contributed by atoms with Crippen LogP contribution in [0.3, 0.4) is 0 Å². The van der Waals surface area contributed by atoms with Crippen LogP contribution in [-0.4, -0.2) is 36.2 Å². The SMILES string of the molecule is O=C(Nc1ccc(OCc2cc(C(=O)NC[C@H]3CCCO3)no2)cc1)c1cccc(Cl)c1. The second-order valence-corrected chi connectivity index (χ2v) is 7.74. The number of hydrogen-bond acceptors (Lipinski definition) is 6. The van der Waals surface area contributed by atoms with E-state index in [4.69, 9.17) is 25.6 Å². The first-order valence-electron chi connectivity index (χ1n) is 10.2. The van der Waals surface area contributed by atoms with E-state index in [0.29, 0.717) is 34.3 Å². The zero-order chi connectivity index (χ0) is 22.3. The molecule has 0 bridgehead atoms. The lowest BCUT2D eigenvalue weighted by Gasteiger charge is -2.09. The molecule has 166 valence electrons. The fourth-order valence-corrected chi connectivity index (χ4v) is 3.40. The van der Waals surface area contributed by atoms with E-state index in [1.165, 1.54) is 0 Å². The van der Waals surface area contributed by atoms with Crippen LogP contribution in [0.1, 0.15) is 39.4 Å². The highest BCUT2D eigenvalue weighted by Gasteiger charge is 2.18. The van der Waals surface area contributed by atoms with Crippen molar-refractivity contribution >= 4 is 29.1 Å². The molecule has 4 rings (SSSR count). The van der Waals surface area contributed by atoms with Crippen molar-refractivity contribution in [2.24, 2.45) is 0 Å². The molecule has 9 heteroatoms. The molecule has 2 heterocycles. The van der Waals surface area contributed by atoms with Crippen LogP contribution >= 0.6 is 11.6 Å². The van der Waals surface area contributed by atoms with Crippen LogP contribution in [0.15, 0.2) is 59.1 Å². The molecule has 0 unspecified atom stereocenters. The van der Waals surface area contributed by atoms with E-state index in [-0.39, 0.29) is 30.2 Å². The summed E-state index contributed by atoms with van der Waals surface area (Å²) >= 11 is 5.92. The average Bonchev–Trinajstić information content (AvgIpc) is 3.49. The summed E-state index contributed by atoms with van der Waals surface area (Å²) in [6.45, 7) is 1.30. The van der Waals surface area contributed by atoms with Crippen molar-refractivity contribution in [1.29, 1.82) is 0 Å². The monoisotopic (exact) mass is 455 g/mol. The molecule has 1 aliphatic heterocycles. The largest absolute Gasteiger partial charge is 0.486 e. The summed E-state index contributed by atoms with van der Waals surface area (Å²) in [5.41, 5.74) is 1.28. The van der Waals surface area contributed by atoms with Gasteiger partial charge in [-0.3, -0.25) is 9.59 Å². The van der Waals surface area contributed by atoms with Crippen molar-refractivity contribution < 1.29 is 23.6 Å². The normalized spacial score (nSPS) is 15.3. The minimum absolute atomic E-state index is 0.0619. The molecule has 1 aliphatic rings. The molecule has 0 radical (unpaired) electrons. The Bertz CT molecular complexity index is 1080. The summed E-state index contributed by atoms with van der Waals surface area (Å²) in [6, 6.07) is 15.2. The highest BCUT2D eigenvalue weighted by Crippen LogP contribution is 2.19. The summed E-state index contributed by atoms with van der Waals surface area (Å²) in [7, 11) is 0. The number of benzene rings is 2. The lowest BCUT2D eigenvalue weighted by atomic mass is 10.2. The number of ether oxygens (including phenoxy) is 2. The van der Waals surface area contributed by atoms with Gasteiger partial charge in [0.15, 0.2) is 11.5 Å². The topological polar surface area (TPSA) is 103 Å². The molecule has 0 spiro atoms. The minimum Gasteiger partial charge on any atom is -0.486 e. The van der Waals surface area contributed by atoms with Gasteiger partial charge in [-0.15, -0.1) is 0 Å². The second kappa shape index (κ2) is 10.3. The van der Waals surface area contributed by atoms with Gasteiger partial charge in [-0.05, 0) is 55.3 Å². The van der Waals surface area contributed by atoms with E-state index in [1.54, 1.807) is 54.6 Å². The predicted octanol–water partition coefficient (Wildman–Crippen LogP) is 4.07. The van der Waals surface area contributed by atoms with Crippen LogP contribution in [0.25, 0.3) is 0 Å². The van der Waals surface area contributed by atoms with Crippen molar-refractivity contribution in [2.45, 2.75) is 25.6 Å². The minimum atomic E-state index is -0.310. The Labute approximate surface area is 189 Å². The molecular formula is C23H22ClN3O5. The van der Waals surface area contributed by atoms with E-state index in [1.807, 2.05) is 0 Å². The van der Waals surface area contributed by atoms with Gasteiger partial charge in [0, 0.05) is 35.5 Å². The Balaban J connectivity index is 1.25. The summed E-state index contributed by atoms with van der Waals surface area (Å²) in [5, 5.41) is 9.88. The number of aromatic nitrogens is 1. The van der Waals surface area contributed by atoms with Crippen LogP contribution in [-0.2, 0) is 11.3 Å². The highest BCUT2D eigenvalue weighted by molar-refractivity contribution is 6.31. The van der Waals surface area contributed by atoms with Gasteiger partial charge in [0.1, 0.15) is 12.4 Å². The zero-order valence-corrected chi connectivity index (χ0v) is 17.9. The first-order valence-corrected chi connectivity index (χ1v) is 10.6. The van der Waals surface area contributed by atoms with Crippen molar-refractivity contribution in [3.63, 3.8) is 0 Å². The number of amides is 2. The summed E-state index contributed by atoms with van der Waals surface area (Å²) < 4.78 is 16.3. The average molecular weight is 456 g/mol. The second-order valence-electron chi connectivity index (χ2n) is 7.30.